The van der Waals surface area contributed by atoms with E-state index in [4.69, 9.17) is 4.74 Å². The summed E-state index contributed by atoms with van der Waals surface area (Å²) in [4.78, 5) is 12.1. The van der Waals surface area contributed by atoms with Gasteiger partial charge in [-0.15, -0.1) is 0 Å². The van der Waals surface area contributed by atoms with E-state index >= 15 is 0 Å². The van der Waals surface area contributed by atoms with Crippen molar-refractivity contribution in [3.05, 3.63) is 0 Å². The highest BCUT2D eigenvalue weighted by Crippen LogP contribution is 2.48. The Labute approximate surface area is 111 Å². The summed E-state index contributed by atoms with van der Waals surface area (Å²) in [5.74, 6) is 1.73. The normalized spacial score (nSPS) is 36.2. The van der Waals surface area contributed by atoms with Gasteiger partial charge in [0.2, 0.25) is 0 Å². The molecule has 1 saturated heterocycles. The minimum absolute atomic E-state index is 0.0190. The zero-order chi connectivity index (χ0) is 13.2. The van der Waals surface area contributed by atoms with E-state index in [2.05, 4.69) is 19.2 Å². The molecule has 0 radical (unpaired) electrons. The number of hydrogen-bond acceptors (Lipinski definition) is 3. The Balaban J connectivity index is 2.00. The van der Waals surface area contributed by atoms with Gasteiger partial charge in [-0.3, -0.25) is 4.79 Å². The fourth-order valence-corrected chi connectivity index (χ4v) is 3.79. The molecule has 0 aromatic rings. The van der Waals surface area contributed by atoms with Gasteiger partial charge >= 0.3 is 5.97 Å². The van der Waals surface area contributed by atoms with Crippen LogP contribution >= 0.6 is 0 Å². The summed E-state index contributed by atoms with van der Waals surface area (Å²) >= 11 is 0. The topological polar surface area (TPSA) is 38.3 Å². The first-order chi connectivity index (χ1) is 8.59. The lowest BCUT2D eigenvalue weighted by molar-refractivity contribution is -0.152. The lowest BCUT2D eigenvalue weighted by atomic mass is 9.63. The Morgan fingerprint density at radius 3 is 2.61 bits per heavy atom. The number of carbonyl (C=O) groups is 1. The van der Waals surface area contributed by atoms with Crippen LogP contribution in [0.15, 0.2) is 0 Å². The van der Waals surface area contributed by atoms with E-state index in [0.29, 0.717) is 6.61 Å². The fourth-order valence-electron chi connectivity index (χ4n) is 3.79. The maximum Gasteiger partial charge on any atom is 0.310 e. The van der Waals surface area contributed by atoms with Crippen molar-refractivity contribution in [2.24, 2.45) is 23.2 Å². The molecule has 1 spiro atoms. The Morgan fingerprint density at radius 2 is 2.06 bits per heavy atom. The van der Waals surface area contributed by atoms with Gasteiger partial charge in [0.25, 0.3) is 0 Å². The van der Waals surface area contributed by atoms with Gasteiger partial charge in [-0.05, 0) is 49.9 Å². The fraction of sp³-hybridized carbons (Fsp3) is 0.933. The molecule has 1 heterocycles. The van der Waals surface area contributed by atoms with Crippen molar-refractivity contribution in [2.45, 2.75) is 46.5 Å². The van der Waals surface area contributed by atoms with Gasteiger partial charge in [-0.25, -0.2) is 0 Å². The Bertz CT molecular complexity index is 293. The van der Waals surface area contributed by atoms with Crippen LogP contribution in [-0.2, 0) is 9.53 Å². The highest BCUT2D eigenvalue weighted by Gasteiger charge is 2.49. The number of esters is 1. The third kappa shape index (κ3) is 2.56. The van der Waals surface area contributed by atoms with E-state index in [9.17, 15) is 4.79 Å². The molecule has 1 saturated carbocycles. The second-order valence-corrected chi connectivity index (χ2v) is 6.38. The van der Waals surface area contributed by atoms with Crippen molar-refractivity contribution < 1.29 is 9.53 Å². The largest absolute Gasteiger partial charge is 0.466 e. The van der Waals surface area contributed by atoms with Crippen LogP contribution in [0.2, 0.25) is 0 Å². The first-order valence-electron chi connectivity index (χ1n) is 7.46. The molecule has 3 nitrogen and oxygen atoms in total. The molecule has 3 heteroatoms. The van der Waals surface area contributed by atoms with Crippen molar-refractivity contribution in [2.75, 3.05) is 19.7 Å². The van der Waals surface area contributed by atoms with Crippen LogP contribution in [0.25, 0.3) is 0 Å². The Morgan fingerprint density at radius 1 is 1.39 bits per heavy atom. The number of carbonyl (C=O) groups excluding carboxylic acids is 1. The van der Waals surface area contributed by atoms with E-state index in [1.807, 2.05) is 6.92 Å². The summed E-state index contributed by atoms with van der Waals surface area (Å²) in [5, 5.41) is 3.42. The summed E-state index contributed by atoms with van der Waals surface area (Å²) in [5.41, 5.74) is 0.192. The molecule has 104 valence electrons. The van der Waals surface area contributed by atoms with Crippen molar-refractivity contribution in [3.8, 4) is 0 Å². The van der Waals surface area contributed by atoms with Crippen molar-refractivity contribution in [3.63, 3.8) is 0 Å². The van der Waals surface area contributed by atoms with Gasteiger partial charge < -0.3 is 10.1 Å². The minimum Gasteiger partial charge on any atom is -0.466 e. The van der Waals surface area contributed by atoms with Gasteiger partial charge in [-0.2, -0.15) is 0 Å². The Kier molecular flexibility index (Phi) is 4.31. The molecule has 2 aliphatic rings. The molecule has 0 bridgehead atoms. The molecule has 0 amide bonds. The first kappa shape index (κ1) is 13.9. The lowest BCUT2D eigenvalue weighted by Crippen LogP contribution is -2.40. The van der Waals surface area contributed by atoms with Crippen LogP contribution in [0, 0.1) is 23.2 Å². The second-order valence-electron chi connectivity index (χ2n) is 6.38. The molecule has 1 aliphatic heterocycles. The van der Waals surface area contributed by atoms with Gasteiger partial charge in [0, 0.05) is 13.1 Å². The second kappa shape index (κ2) is 5.60. The summed E-state index contributed by atoms with van der Waals surface area (Å²) in [6.45, 7) is 8.84. The molecule has 0 aromatic heterocycles. The van der Waals surface area contributed by atoms with E-state index in [-0.39, 0.29) is 17.3 Å². The Hall–Kier alpha value is -0.570. The maximum atomic E-state index is 12.1. The highest BCUT2D eigenvalue weighted by atomic mass is 16.5. The minimum atomic E-state index is 0.0190. The third-order valence-electron chi connectivity index (χ3n) is 5.10. The van der Waals surface area contributed by atoms with E-state index in [1.165, 1.54) is 25.7 Å². The van der Waals surface area contributed by atoms with Crippen LogP contribution < -0.4 is 5.32 Å². The van der Waals surface area contributed by atoms with Gasteiger partial charge in [0.05, 0.1) is 12.5 Å². The smallest absolute Gasteiger partial charge is 0.310 e. The average Bonchev–Trinajstić information content (AvgIpc) is 2.73. The first-order valence-corrected chi connectivity index (χ1v) is 7.46. The average molecular weight is 253 g/mol. The molecule has 1 N–H and O–H groups in total. The van der Waals surface area contributed by atoms with E-state index in [0.717, 1.165) is 24.9 Å². The van der Waals surface area contributed by atoms with Crippen molar-refractivity contribution in [1.82, 2.24) is 5.32 Å². The summed E-state index contributed by atoms with van der Waals surface area (Å²) in [6, 6.07) is 0. The quantitative estimate of drug-likeness (QED) is 0.786. The van der Waals surface area contributed by atoms with Crippen LogP contribution in [0.4, 0.5) is 0 Å². The van der Waals surface area contributed by atoms with Crippen LogP contribution in [0.5, 0.6) is 0 Å². The molecule has 0 aromatic carbocycles. The zero-order valence-electron chi connectivity index (χ0n) is 12.0. The van der Waals surface area contributed by atoms with Crippen LogP contribution in [0.3, 0.4) is 0 Å². The van der Waals surface area contributed by atoms with E-state index in [1.54, 1.807) is 0 Å². The summed E-state index contributed by atoms with van der Waals surface area (Å²) in [7, 11) is 0. The van der Waals surface area contributed by atoms with Crippen molar-refractivity contribution >= 4 is 5.97 Å². The third-order valence-corrected chi connectivity index (χ3v) is 5.10. The van der Waals surface area contributed by atoms with Gasteiger partial charge in [0.1, 0.15) is 0 Å². The van der Waals surface area contributed by atoms with E-state index < -0.39 is 0 Å². The predicted octanol–water partition coefficient (Wildman–Crippen LogP) is 2.60. The molecule has 1 aliphatic carbocycles. The molecule has 2 rings (SSSR count). The van der Waals surface area contributed by atoms with Crippen LogP contribution in [-0.4, -0.2) is 25.7 Å². The van der Waals surface area contributed by atoms with Crippen LogP contribution in [0.1, 0.15) is 46.5 Å². The summed E-state index contributed by atoms with van der Waals surface area (Å²) in [6.07, 6.45) is 4.92. The standard InChI is InChI=1S/C15H27NO2/c1-4-18-14(17)13-9-16-10-15(13)7-5-12(6-8-15)11(2)3/h11-13,16H,4-10H2,1-3H3. The molecular weight excluding hydrogens is 226 g/mol. The summed E-state index contributed by atoms with van der Waals surface area (Å²) < 4.78 is 5.25. The number of hydrogen-bond donors (Lipinski definition) is 1. The molecule has 1 unspecified atom stereocenters. The van der Waals surface area contributed by atoms with Gasteiger partial charge in [0.15, 0.2) is 0 Å². The number of rotatable bonds is 3. The van der Waals surface area contributed by atoms with Crippen molar-refractivity contribution in [1.29, 1.82) is 0 Å². The predicted molar refractivity (Wildman–Crippen MR) is 72.2 cm³/mol. The SMILES string of the molecule is CCOC(=O)C1CNCC12CCC(C(C)C)CC2. The monoisotopic (exact) mass is 253 g/mol. The maximum absolute atomic E-state index is 12.1. The number of ether oxygens (including phenoxy) is 1. The molecular formula is C15H27NO2. The molecule has 2 fully saturated rings. The molecule has 18 heavy (non-hydrogen) atoms. The zero-order valence-corrected chi connectivity index (χ0v) is 12.0. The molecule has 1 atom stereocenters. The number of nitrogens with one attached hydrogen (secondary N) is 1. The highest BCUT2D eigenvalue weighted by molar-refractivity contribution is 5.74. The van der Waals surface area contributed by atoms with Gasteiger partial charge in [-0.1, -0.05) is 13.8 Å². The lowest BCUT2D eigenvalue weighted by Gasteiger charge is -2.41.